The minimum absolute atomic E-state index is 0.205. The third-order valence-corrected chi connectivity index (χ3v) is 5.42. The molecule has 0 amide bonds. The van der Waals surface area contributed by atoms with Crippen molar-refractivity contribution in [3.8, 4) is 0 Å². The van der Waals surface area contributed by atoms with Crippen molar-refractivity contribution < 1.29 is 9.90 Å². The van der Waals surface area contributed by atoms with Crippen LogP contribution in [0.25, 0.3) is 10.1 Å². The maximum absolute atomic E-state index is 11.4. The van der Waals surface area contributed by atoms with E-state index in [2.05, 4.69) is 29.1 Å². The Morgan fingerprint density at radius 2 is 2.14 bits per heavy atom. The van der Waals surface area contributed by atoms with Crippen molar-refractivity contribution in [2.45, 2.75) is 19.5 Å². The lowest BCUT2D eigenvalue weighted by molar-refractivity contribution is 0.0701. The summed E-state index contributed by atoms with van der Waals surface area (Å²) >= 11 is 3.01. The van der Waals surface area contributed by atoms with Crippen molar-refractivity contribution in [2.75, 3.05) is 0 Å². The molecule has 5 heteroatoms. The maximum atomic E-state index is 11.4. The average Bonchev–Trinajstić information content (AvgIpc) is 3.12. The molecule has 3 aromatic rings. The van der Waals surface area contributed by atoms with E-state index in [-0.39, 0.29) is 6.04 Å². The monoisotopic (exact) mass is 317 g/mol. The van der Waals surface area contributed by atoms with E-state index in [0.29, 0.717) is 11.4 Å². The molecule has 1 unspecified atom stereocenters. The first-order valence-corrected chi connectivity index (χ1v) is 8.42. The minimum Gasteiger partial charge on any atom is -0.477 e. The van der Waals surface area contributed by atoms with Gasteiger partial charge in [-0.25, -0.2) is 4.79 Å². The highest BCUT2D eigenvalue weighted by Gasteiger charge is 2.18. The summed E-state index contributed by atoms with van der Waals surface area (Å²) in [5.74, 6) is -0.851. The van der Waals surface area contributed by atoms with Crippen molar-refractivity contribution in [1.82, 2.24) is 5.32 Å². The van der Waals surface area contributed by atoms with Crippen molar-refractivity contribution in [1.29, 1.82) is 0 Å². The molecule has 0 aliphatic carbocycles. The van der Waals surface area contributed by atoms with Crippen LogP contribution in [0.3, 0.4) is 0 Å². The van der Waals surface area contributed by atoms with Crippen LogP contribution in [0, 0.1) is 0 Å². The van der Waals surface area contributed by atoms with Gasteiger partial charge in [0, 0.05) is 17.3 Å². The van der Waals surface area contributed by atoms with E-state index in [1.54, 1.807) is 11.3 Å². The molecule has 0 saturated heterocycles. The topological polar surface area (TPSA) is 49.3 Å². The Balaban J connectivity index is 1.89. The fourth-order valence-corrected chi connectivity index (χ4v) is 4.16. The Labute approximate surface area is 130 Å². The van der Waals surface area contributed by atoms with Crippen molar-refractivity contribution in [2.24, 2.45) is 0 Å². The van der Waals surface area contributed by atoms with Crippen molar-refractivity contribution in [3.63, 3.8) is 0 Å². The molecule has 0 bridgehead atoms. The molecule has 2 aromatic heterocycles. The van der Waals surface area contributed by atoms with Crippen LogP contribution in [0.5, 0.6) is 0 Å². The van der Waals surface area contributed by atoms with Crippen LogP contribution in [0.15, 0.2) is 41.1 Å². The van der Waals surface area contributed by atoms with E-state index >= 15 is 0 Å². The van der Waals surface area contributed by atoms with E-state index in [4.69, 9.17) is 0 Å². The summed E-state index contributed by atoms with van der Waals surface area (Å²) in [6.45, 7) is 2.65. The first-order valence-electron chi connectivity index (χ1n) is 6.66. The van der Waals surface area contributed by atoms with Gasteiger partial charge in [0.1, 0.15) is 4.88 Å². The predicted molar refractivity (Wildman–Crippen MR) is 88.4 cm³/mol. The van der Waals surface area contributed by atoms with Crippen LogP contribution in [-0.4, -0.2) is 11.1 Å². The highest BCUT2D eigenvalue weighted by atomic mass is 32.1. The molecule has 2 N–H and O–H groups in total. The van der Waals surface area contributed by atoms with Crippen LogP contribution in [-0.2, 0) is 6.54 Å². The van der Waals surface area contributed by atoms with Crippen LogP contribution in [0.1, 0.15) is 33.8 Å². The zero-order chi connectivity index (χ0) is 14.8. The zero-order valence-corrected chi connectivity index (χ0v) is 13.1. The summed E-state index contributed by atoms with van der Waals surface area (Å²) in [4.78, 5) is 11.9. The van der Waals surface area contributed by atoms with Gasteiger partial charge >= 0.3 is 5.97 Å². The molecule has 2 heterocycles. The first kappa shape index (κ1) is 14.3. The fourth-order valence-electron chi connectivity index (χ4n) is 2.34. The lowest BCUT2D eigenvalue weighted by Gasteiger charge is -2.12. The molecule has 108 valence electrons. The van der Waals surface area contributed by atoms with E-state index in [9.17, 15) is 9.90 Å². The standard InChI is InChI=1S/C16H15NO2S2/c1-10(11-6-7-20-9-11)17-8-13-12-4-2-3-5-14(12)21-15(13)16(18)19/h2-7,9-10,17H,8H2,1H3,(H,18,19). The van der Waals surface area contributed by atoms with Crippen molar-refractivity contribution >= 4 is 38.7 Å². The van der Waals surface area contributed by atoms with Gasteiger partial charge in [-0.15, -0.1) is 11.3 Å². The minimum atomic E-state index is -0.851. The van der Waals surface area contributed by atoms with Gasteiger partial charge in [0.05, 0.1) is 0 Å². The number of aromatic carboxylic acids is 1. The zero-order valence-electron chi connectivity index (χ0n) is 11.5. The number of carbonyl (C=O) groups is 1. The summed E-state index contributed by atoms with van der Waals surface area (Å²) in [6.07, 6.45) is 0. The smallest absolute Gasteiger partial charge is 0.346 e. The molecule has 1 atom stereocenters. The first-order chi connectivity index (χ1) is 10.2. The lowest BCUT2D eigenvalue weighted by atomic mass is 10.1. The number of fused-ring (bicyclic) bond motifs is 1. The second-order valence-electron chi connectivity index (χ2n) is 4.87. The van der Waals surface area contributed by atoms with E-state index in [1.165, 1.54) is 16.9 Å². The Bertz CT molecular complexity index is 762. The normalized spacial score (nSPS) is 12.6. The van der Waals surface area contributed by atoms with Gasteiger partial charge in [-0.3, -0.25) is 0 Å². The molecule has 3 rings (SSSR count). The molecule has 0 fully saturated rings. The highest BCUT2D eigenvalue weighted by molar-refractivity contribution is 7.21. The summed E-state index contributed by atoms with van der Waals surface area (Å²) in [5.41, 5.74) is 2.11. The Kier molecular flexibility index (Phi) is 4.05. The second kappa shape index (κ2) is 5.97. The largest absolute Gasteiger partial charge is 0.477 e. The quantitative estimate of drug-likeness (QED) is 0.728. The molecule has 0 spiro atoms. The predicted octanol–water partition coefficient (Wildman–Crippen LogP) is 4.51. The third kappa shape index (κ3) is 2.85. The third-order valence-electron chi connectivity index (χ3n) is 3.52. The van der Waals surface area contributed by atoms with Crippen LogP contribution >= 0.6 is 22.7 Å². The molecule has 1 aromatic carbocycles. The van der Waals surface area contributed by atoms with Crippen LogP contribution in [0.4, 0.5) is 0 Å². The number of carboxylic acids is 1. The van der Waals surface area contributed by atoms with Gasteiger partial charge in [0.2, 0.25) is 0 Å². The molecular weight excluding hydrogens is 302 g/mol. The lowest BCUT2D eigenvalue weighted by Crippen LogP contribution is -2.18. The van der Waals surface area contributed by atoms with E-state index in [1.807, 2.05) is 24.3 Å². The van der Waals surface area contributed by atoms with E-state index in [0.717, 1.165) is 15.6 Å². The number of carboxylic acid groups (broad SMARTS) is 1. The summed E-state index contributed by atoms with van der Waals surface area (Å²) < 4.78 is 1.02. The average molecular weight is 317 g/mol. The molecule has 0 aliphatic heterocycles. The van der Waals surface area contributed by atoms with Gasteiger partial charge in [0.15, 0.2) is 0 Å². The van der Waals surface area contributed by atoms with Gasteiger partial charge < -0.3 is 10.4 Å². The SMILES string of the molecule is CC(NCc1c(C(=O)O)sc2ccccc12)c1ccsc1. The maximum Gasteiger partial charge on any atom is 0.346 e. The van der Waals surface area contributed by atoms with Crippen LogP contribution < -0.4 is 5.32 Å². The second-order valence-corrected chi connectivity index (χ2v) is 6.70. The number of nitrogens with one attached hydrogen (secondary N) is 1. The number of rotatable bonds is 5. The van der Waals surface area contributed by atoms with Gasteiger partial charge in [-0.05, 0) is 46.3 Å². The highest BCUT2D eigenvalue weighted by Crippen LogP contribution is 2.31. The van der Waals surface area contributed by atoms with Gasteiger partial charge in [0.25, 0.3) is 0 Å². The van der Waals surface area contributed by atoms with Gasteiger partial charge in [-0.1, -0.05) is 18.2 Å². The molecule has 3 nitrogen and oxygen atoms in total. The Hall–Kier alpha value is -1.69. The van der Waals surface area contributed by atoms with Gasteiger partial charge in [-0.2, -0.15) is 11.3 Å². The van der Waals surface area contributed by atoms with Crippen LogP contribution in [0.2, 0.25) is 0 Å². The molecule has 0 saturated carbocycles. The number of benzene rings is 1. The molecule has 0 radical (unpaired) electrons. The molecule has 0 aliphatic rings. The number of hydrogen-bond acceptors (Lipinski definition) is 4. The van der Waals surface area contributed by atoms with Crippen molar-refractivity contribution in [3.05, 3.63) is 57.1 Å². The number of hydrogen-bond donors (Lipinski definition) is 2. The summed E-state index contributed by atoms with van der Waals surface area (Å²) in [6, 6.07) is 10.1. The summed E-state index contributed by atoms with van der Waals surface area (Å²) in [7, 11) is 0. The van der Waals surface area contributed by atoms with E-state index < -0.39 is 5.97 Å². The Morgan fingerprint density at radius 1 is 1.33 bits per heavy atom. The number of thiophene rings is 2. The molecule has 21 heavy (non-hydrogen) atoms. The molecular formula is C16H15NO2S2. The Morgan fingerprint density at radius 3 is 2.86 bits per heavy atom. The fraction of sp³-hybridized carbons (Fsp3) is 0.188. The summed E-state index contributed by atoms with van der Waals surface area (Å²) in [5, 5.41) is 18.0.